The Labute approximate surface area is 93.2 Å². The molecule has 0 spiro atoms. The molecule has 4 heteroatoms. The van der Waals surface area contributed by atoms with Crippen LogP contribution < -0.4 is 5.73 Å². The lowest BCUT2D eigenvalue weighted by molar-refractivity contribution is 0.0500. The standard InChI is InChI=1S/C11H15NO2S/c1-7-9(12)6-10(15-7)11(13)14-5-4-8-2-3-8/h6,8H,2-5,12H2,1H3. The Morgan fingerprint density at radius 1 is 1.67 bits per heavy atom. The van der Waals surface area contributed by atoms with Crippen LogP contribution in [0.25, 0.3) is 0 Å². The highest BCUT2D eigenvalue weighted by Gasteiger charge is 2.21. The average Bonchev–Trinajstić information content (AvgIpc) is 2.94. The van der Waals surface area contributed by atoms with E-state index >= 15 is 0 Å². The van der Waals surface area contributed by atoms with Gasteiger partial charge in [-0.3, -0.25) is 0 Å². The third kappa shape index (κ3) is 2.72. The van der Waals surface area contributed by atoms with Crippen LogP contribution in [0.2, 0.25) is 0 Å². The molecule has 15 heavy (non-hydrogen) atoms. The molecule has 0 saturated heterocycles. The van der Waals surface area contributed by atoms with E-state index in [4.69, 9.17) is 10.5 Å². The Balaban J connectivity index is 1.83. The van der Waals surface area contributed by atoms with E-state index in [1.165, 1.54) is 24.2 Å². The molecule has 0 amide bonds. The lowest BCUT2D eigenvalue weighted by atomic mass is 10.3. The van der Waals surface area contributed by atoms with Gasteiger partial charge in [0.15, 0.2) is 0 Å². The smallest absolute Gasteiger partial charge is 0.348 e. The Morgan fingerprint density at radius 2 is 2.40 bits per heavy atom. The molecule has 3 nitrogen and oxygen atoms in total. The second-order valence-corrected chi connectivity index (χ2v) is 5.25. The summed E-state index contributed by atoms with van der Waals surface area (Å²) in [6, 6.07) is 1.69. The molecule has 0 aromatic carbocycles. The predicted molar refractivity (Wildman–Crippen MR) is 61.1 cm³/mol. The van der Waals surface area contributed by atoms with E-state index in [1.54, 1.807) is 6.07 Å². The number of carbonyl (C=O) groups is 1. The molecule has 0 radical (unpaired) electrons. The van der Waals surface area contributed by atoms with Gasteiger partial charge < -0.3 is 10.5 Å². The van der Waals surface area contributed by atoms with Crippen molar-refractivity contribution in [3.05, 3.63) is 15.8 Å². The van der Waals surface area contributed by atoms with Gasteiger partial charge in [0.1, 0.15) is 4.88 Å². The predicted octanol–water partition coefficient (Wildman–Crippen LogP) is 2.60. The first-order chi connectivity index (χ1) is 7.16. The van der Waals surface area contributed by atoms with Crippen LogP contribution in [-0.2, 0) is 4.74 Å². The molecule has 82 valence electrons. The lowest BCUT2D eigenvalue weighted by Crippen LogP contribution is -2.04. The van der Waals surface area contributed by atoms with Gasteiger partial charge in [0.2, 0.25) is 0 Å². The zero-order valence-electron chi connectivity index (χ0n) is 8.79. The SMILES string of the molecule is Cc1sc(C(=O)OCCC2CC2)cc1N. The van der Waals surface area contributed by atoms with Gasteiger partial charge in [0.05, 0.1) is 6.61 Å². The topological polar surface area (TPSA) is 52.3 Å². The van der Waals surface area contributed by atoms with Crippen molar-refractivity contribution in [2.75, 3.05) is 12.3 Å². The minimum atomic E-state index is -0.236. The summed E-state index contributed by atoms with van der Waals surface area (Å²) in [4.78, 5) is 13.1. The summed E-state index contributed by atoms with van der Waals surface area (Å²) in [6.07, 6.45) is 3.59. The van der Waals surface area contributed by atoms with Crippen LogP contribution in [0.4, 0.5) is 5.69 Å². The zero-order chi connectivity index (χ0) is 10.8. The number of ether oxygens (including phenoxy) is 1. The number of thiophene rings is 1. The van der Waals surface area contributed by atoms with Crippen molar-refractivity contribution in [2.24, 2.45) is 5.92 Å². The van der Waals surface area contributed by atoms with Gasteiger partial charge in [0, 0.05) is 10.6 Å². The van der Waals surface area contributed by atoms with Gasteiger partial charge in [-0.05, 0) is 25.3 Å². The van der Waals surface area contributed by atoms with Crippen LogP contribution in [0.15, 0.2) is 6.07 Å². The third-order valence-electron chi connectivity index (χ3n) is 2.61. The molecular formula is C11H15NO2S. The van der Waals surface area contributed by atoms with Crippen molar-refractivity contribution in [2.45, 2.75) is 26.2 Å². The summed E-state index contributed by atoms with van der Waals surface area (Å²) in [5.74, 6) is 0.563. The second-order valence-electron chi connectivity index (χ2n) is 3.99. The summed E-state index contributed by atoms with van der Waals surface area (Å²) in [6.45, 7) is 2.45. The summed E-state index contributed by atoms with van der Waals surface area (Å²) in [5, 5.41) is 0. The highest BCUT2D eigenvalue weighted by atomic mass is 32.1. The minimum absolute atomic E-state index is 0.236. The average molecular weight is 225 g/mol. The fourth-order valence-electron chi connectivity index (χ4n) is 1.39. The van der Waals surface area contributed by atoms with Crippen molar-refractivity contribution >= 4 is 23.0 Å². The Kier molecular flexibility index (Phi) is 2.95. The molecule has 0 bridgehead atoms. The molecule has 0 atom stereocenters. The monoisotopic (exact) mass is 225 g/mol. The van der Waals surface area contributed by atoms with E-state index in [1.807, 2.05) is 6.92 Å². The Morgan fingerprint density at radius 3 is 2.93 bits per heavy atom. The Bertz CT molecular complexity index is 349. The number of anilines is 1. The maximum Gasteiger partial charge on any atom is 0.348 e. The highest BCUT2D eigenvalue weighted by molar-refractivity contribution is 7.14. The molecule has 1 aliphatic rings. The number of aryl methyl sites for hydroxylation is 1. The van der Waals surface area contributed by atoms with Crippen LogP contribution >= 0.6 is 11.3 Å². The third-order valence-corrected chi connectivity index (χ3v) is 3.66. The van der Waals surface area contributed by atoms with E-state index in [0.29, 0.717) is 17.2 Å². The maximum absolute atomic E-state index is 11.5. The van der Waals surface area contributed by atoms with E-state index in [-0.39, 0.29) is 5.97 Å². The second kappa shape index (κ2) is 4.23. The van der Waals surface area contributed by atoms with Crippen molar-refractivity contribution in [1.29, 1.82) is 0 Å². The number of rotatable bonds is 4. The van der Waals surface area contributed by atoms with Crippen LogP contribution in [0.3, 0.4) is 0 Å². The van der Waals surface area contributed by atoms with E-state index in [0.717, 1.165) is 17.2 Å². The largest absolute Gasteiger partial charge is 0.461 e. The van der Waals surface area contributed by atoms with Gasteiger partial charge in [-0.25, -0.2) is 4.79 Å². The first-order valence-corrected chi connectivity index (χ1v) is 6.01. The van der Waals surface area contributed by atoms with Crippen LogP contribution in [0.5, 0.6) is 0 Å². The molecular weight excluding hydrogens is 210 g/mol. The van der Waals surface area contributed by atoms with Crippen molar-refractivity contribution in [3.63, 3.8) is 0 Å². The quantitative estimate of drug-likeness (QED) is 0.801. The summed E-state index contributed by atoms with van der Waals surface area (Å²) >= 11 is 1.40. The minimum Gasteiger partial charge on any atom is -0.461 e. The zero-order valence-corrected chi connectivity index (χ0v) is 9.60. The molecule has 1 aromatic heterocycles. The van der Waals surface area contributed by atoms with E-state index in [2.05, 4.69) is 0 Å². The van der Waals surface area contributed by atoms with Gasteiger partial charge in [0.25, 0.3) is 0 Å². The summed E-state index contributed by atoms with van der Waals surface area (Å²) in [5.41, 5.74) is 6.34. The number of nitrogen functional groups attached to an aromatic ring is 1. The number of esters is 1. The maximum atomic E-state index is 11.5. The van der Waals surface area contributed by atoms with E-state index < -0.39 is 0 Å². The molecule has 2 N–H and O–H groups in total. The van der Waals surface area contributed by atoms with E-state index in [9.17, 15) is 4.79 Å². The summed E-state index contributed by atoms with van der Waals surface area (Å²) < 4.78 is 5.16. The van der Waals surface area contributed by atoms with Crippen LogP contribution in [0.1, 0.15) is 33.8 Å². The highest BCUT2D eigenvalue weighted by Crippen LogP contribution is 2.32. The normalized spacial score (nSPS) is 15.3. The van der Waals surface area contributed by atoms with Crippen molar-refractivity contribution in [3.8, 4) is 0 Å². The number of hydrogen-bond donors (Lipinski definition) is 1. The number of carbonyl (C=O) groups excluding carboxylic acids is 1. The number of nitrogens with two attached hydrogens (primary N) is 1. The Hall–Kier alpha value is -1.03. The molecule has 2 rings (SSSR count). The first kappa shape index (κ1) is 10.5. The van der Waals surface area contributed by atoms with Crippen molar-refractivity contribution < 1.29 is 9.53 Å². The first-order valence-electron chi connectivity index (χ1n) is 5.20. The number of hydrogen-bond acceptors (Lipinski definition) is 4. The van der Waals surface area contributed by atoms with Gasteiger partial charge >= 0.3 is 5.97 Å². The van der Waals surface area contributed by atoms with Gasteiger partial charge in [-0.1, -0.05) is 12.8 Å². The fraction of sp³-hybridized carbons (Fsp3) is 0.545. The molecule has 1 saturated carbocycles. The summed E-state index contributed by atoms with van der Waals surface area (Å²) in [7, 11) is 0. The van der Waals surface area contributed by atoms with Crippen LogP contribution in [-0.4, -0.2) is 12.6 Å². The molecule has 1 fully saturated rings. The molecule has 0 aliphatic heterocycles. The molecule has 0 unspecified atom stereocenters. The van der Waals surface area contributed by atoms with Crippen LogP contribution in [0, 0.1) is 12.8 Å². The van der Waals surface area contributed by atoms with Gasteiger partial charge in [-0.15, -0.1) is 11.3 Å². The van der Waals surface area contributed by atoms with Gasteiger partial charge in [-0.2, -0.15) is 0 Å². The fourth-order valence-corrected chi connectivity index (χ4v) is 2.23. The lowest BCUT2D eigenvalue weighted by Gasteiger charge is -2.01. The molecule has 1 aliphatic carbocycles. The molecule has 1 heterocycles. The van der Waals surface area contributed by atoms with Crippen molar-refractivity contribution in [1.82, 2.24) is 0 Å². The molecule has 1 aromatic rings.